The minimum Gasteiger partial charge on any atom is -0.399 e. The highest BCUT2D eigenvalue weighted by molar-refractivity contribution is 6.62. The average molecular weight is 513 g/mol. The van der Waals surface area contributed by atoms with Crippen LogP contribution in [0.25, 0.3) is 33.9 Å². The Labute approximate surface area is 230 Å². The van der Waals surface area contributed by atoms with Crippen molar-refractivity contribution in [3.63, 3.8) is 0 Å². The highest BCUT2D eigenvalue weighted by atomic mass is 16.7. The van der Waals surface area contributed by atoms with Crippen LogP contribution < -0.4 is 5.46 Å². The zero-order valence-corrected chi connectivity index (χ0v) is 22.8. The fraction of sp³-hybridized carbons (Fsp3) is 0.242. The van der Waals surface area contributed by atoms with Crippen molar-refractivity contribution in [1.29, 1.82) is 0 Å². The van der Waals surface area contributed by atoms with Crippen molar-refractivity contribution in [2.24, 2.45) is 0 Å². The van der Waals surface area contributed by atoms with Gasteiger partial charge in [-0.05, 0) is 56.8 Å². The van der Waals surface area contributed by atoms with Crippen LogP contribution in [-0.2, 0) is 9.31 Å². The zero-order valence-electron chi connectivity index (χ0n) is 22.8. The second-order valence-corrected chi connectivity index (χ2v) is 11.2. The molecule has 194 valence electrons. The standard InChI is InChI=1S/C33H32BN3O2/c1-32(2)33(3,4)39-34(38-32)28-20-12-18-26(22-28)25-17-11-19-27(21-25)31-36-29(23-13-7-5-8-14-23)35-30(37-31)24-15-9-6-10-16-24/h5-15,17-22,24H,16H2,1-4H3. The minimum absolute atomic E-state index is 0.124. The van der Waals surface area contributed by atoms with Crippen molar-refractivity contribution in [3.05, 3.63) is 109 Å². The second kappa shape index (κ2) is 10.0. The summed E-state index contributed by atoms with van der Waals surface area (Å²) in [6.07, 6.45) is 9.32. The van der Waals surface area contributed by atoms with Gasteiger partial charge in [0.25, 0.3) is 0 Å². The van der Waals surface area contributed by atoms with Crippen molar-refractivity contribution in [2.75, 3.05) is 0 Å². The Kier molecular flexibility index (Phi) is 6.53. The Hall–Kier alpha value is -3.87. The number of nitrogens with zero attached hydrogens (tertiary/aromatic N) is 3. The maximum absolute atomic E-state index is 6.30. The fourth-order valence-electron chi connectivity index (χ4n) is 4.86. The first-order valence-corrected chi connectivity index (χ1v) is 13.5. The van der Waals surface area contributed by atoms with Gasteiger partial charge >= 0.3 is 7.12 Å². The van der Waals surface area contributed by atoms with Crippen molar-refractivity contribution >= 4 is 12.6 Å². The molecule has 1 aliphatic heterocycles. The molecule has 6 rings (SSSR count). The van der Waals surface area contributed by atoms with Gasteiger partial charge in [-0.3, -0.25) is 0 Å². The van der Waals surface area contributed by atoms with Crippen LogP contribution in [0.2, 0.25) is 0 Å². The first-order chi connectivity index (χ1) is 18.8. The van der Waals surface area contributed by atoms with Crippen molar-refractivity contribution in [1.82, 2.24) is 15.0 Å². The van der Waals surface area contributed by atoms with Gasteiger partial charge in [-0.2, -0.15) is 0 Å². The van der Waals surface area contributed by atoms with Crippen LogP contribution in [0.5, 0.6) is 0 Å². The van der Waals surface area contributed by atoms with Gasteiger partial charge in [0.2, 0.25) is 0 Å². The summed E-state index contributed by atoms with van der Waals surface area (Å²) < 4.78 is 12.6. The van der Waals surface area contributed by atoms with Crippen molar-refractivity contribution in [3.8, 4) is 33.9 Å². The molecule has 1 saturated heterocycles. The third-order valence-electron chi connectivity index (χ3n) is 7.86. The summed E-state index contributed by atoms with van der Waals surface area (Å²) in [5.74, 6) is 2.27. The molecular weight excluding hydrogens is 481 g/mol. The molecule has 0 amide bonds. The fourth-order valence-corrected chi connectivity index (χ4v) is 4.86. The summed E-state index contributed by atoms with van der Waals surface area (Å²) in [4.78, 5) is 14.7. The van der Waals surface area contributed by atoms with E-state index in [1.54, 1.807) is 0 Å². The van der Waals surface area contributed by atoms with Crippen molar-refractivity contribution < 1.29 is 9.31 Å². The molecule has 4 aromatic rings. The summed E-state index contributed by atoms with van der Waals surface area (Å²) >= 11 is 0. The van der Waals surface area contributed by atoms with Gasteiger partial charge in [-0.15, -0.1) is 0 Å². The van der Waals surface area contributed by atoms with Crippen LogP contribution in [0.3, 0.4) is 0 Å². The van der Waals surface area contributed by atoms with Gasteiger partial charge in [-0.1, -0.05) is 97.1 Å². The van der Waals surface area contributed by atoms with E-state index < -0.39 is 7.12 Å². The molecule has 1 fully saturated rings. The molecule has 0 radical (unpaired) electrons. The Morgan fingerprint density at radius 1 is 0.667 bits per heavy atom. The number of benzene rings is 3. The van der Waals surface area contributed by atoms with Crippen molar-refractivity contribution in [2.45, 2.75) is 51.2 Å². The molecule has 39 heavy (non-hydrogen) atoms. The SMILES string of the molecule is CC1(C)OB(c2cccc(-c3cccc(-c4nc(-c5ccccc5)nc(C5C=CC=CC5)n4)c3)c2)OC1(C)C. The lowest BCUT2D eigenvalue weighted by atomic mass is 9.78. The molecule has 2 heterocycles. The van der Waals surface area contributed by atoms with E-state index in [1.807, 2.05) is 30.3 Å². The minimum atomic E-state index is -0.407. The van der Waals surface area contributed by atoms with E-state index in [2.05, 4.69) is 101 Å². The average Bonchev–Trinajstić information content (AvgIpc) is 3.20. The molecule has 0 spiro atoms. The molecule has 0 bridgehead atoms. The maximum atomic E-state index is 6.30. The van der Waals surface area contributed by atoms with Gasteiger partial charge in [-0.25, -0.2) is 15.0 Å². The second-order valence-electron chi connectivity index (χ2n) is 11.2. The largest absolute Gasteiger partial charge is 0.494 e. The zero-order chi connectivity index (χ0) is 27.0. The van der Waals surface area contributed by atoms with E-state index in [9.17, 15) is 0 Å². The molecule has 6 heteroatoms. The van der Waals surface area contributed by atoms with E-state index in [0.717, 1.165) is 40.0 Å². The van der Waals surface area contributed by atoms with Gasteiger partial charge in [0, 0.05) is 17.0 Å². The molecule has 1 aliphatic carbocycles. The topological polar surface area (TPSA) is 57.1 Å². The van der Waals surface area contributed by atoms with E-state index in [-0.39, 0.29) is 17.1 Å². The van der Waals surface area contributed by atoms with E-state index in [4.69, 9.17) is 24.3 Å². The van der Waals surface area contributed by atoms with Crippen LogP contribution in [0.1, 0.15) is 45.9 Å². The predicted molar refractivity (Wildman–Crippen MR) is 157 cm³/mol. The number of aromatic nitrogens is 3. The normalized spacial score (nSPS) is 19.4. The molecule has 1 atom stereocenters. The van der Waals surface area contributed by atoms with Gasteiger partial charge in [0.15, 0.2) is 11.6 Å². The molecule has 3 aromatic carbocycles. The predicted octanol–water partition coefficient (Wildman–Crippen LogP) is 6.77. The third kappa shape index (κ3) is 5.10. The lowest BCUT2D eigenvalue weighted by Crippen LogP contribution is -2.41. The first-order valence-electron chi connectivity index (χ1n) is 13.5. The lowest BCUT2D eigenvalue weighted by molar-refractivity contribution is 0.00578. The highest BCUT2D eigenvalue weighted by Crippen LogP contribution is 2.37. The Balaban J connectivity index is 1.37. The number of hydrogen-bond donors (Lipinski definition) is 0. The van der Waals surface area contributed by atoms with Crippen LogP contribution in [0.15, 0.2) is 103 Å². The molecular formula is C33H32BN3O2. The number of rotatable bonds is 5. The van der Waals surface area contributed by atoms with Gasteiger partial charge in [0.1, 0.15) is 5.82 Å². The molecule has 0 saturated carbocycles. The van der Waals surface area contributed by atoms with Gasteiger partial charge in [0.05, 0.1) is 11.2 Å². The Bertz CT molecular complexity index is 1550. The summed E-state index contributed by atoms with van der Waals surface area (Å²) in [6.45, 7) is 8.30. The molecule has 5 nitrogen and oxygen atoms in total. The first kappa shape index (κ1) is 25.4. The molecule has 2 aliphatic rings. The molecule has 0 N–H and O–H groups in total. The van der Waals surface area contributed by atoms with E-state index in [0.29, 0.717) is 11.6 Å². The quantitative estimate of drug-likeness (QED) is 0.276. The molecule has 1 aromatic heterocycles. The van der Waals surface area contributed by atoms with E-state index >= 15 is 0 Å². The smallest absolute Gasteiger partial charge is 0.399 e. The monoisotopic (exact) mass is 513 g/mol. The van der Waals surface area contributed by atoms with Crippen LogP contribution in [0.4, 0.5) is 0 Å². The van der Waals surface area contributed by atoms with Crippen LogP contribution >= 0.6 is 0 Å². The van der Waals surface area contributed by atoms with Gasteiger partial charge < -0.3 is 9.31 Å². The van der Waals surface area contributed by atoms with E-state index in [1.165, 1.54) is 0 Å². The summed E-state index contributed by atoms with van der Waals surface area (Å²) in [7, 11) is -0.407. The van der Waals surface area contributed by atoms with Crippen LogP contribution in [0, 0.1) is 0 Å². The Morgan fingerprint density at radius 2 is 1.28 bits per heavy atom. The summed E-state index contributed by atoms with van der Waals surface area (Å²) in [5, 5.41) is 0. The summed E-state index contributed by atoms with van der Waals surface area (Å²) in [6, 6.07) is 26.9. The van der Waals surface area contributed by atoms with Crippen LogP contribution in [-0.4, -0.2) is 33.3 Å². The highest BCUT2D eigenvalue weighted by Gasteiger charge is 2.51. The third-order valence-corrected chi connectivity index (χ3v) is 7.86. The lowest BCUT2D eigenvalue weighted by Gasteiger charge is -2.32. The number of hydrogen-bond acceptors (Lipinski definition) is 5. The number of allylic oxidation sites excluding steroid dienone is 4. The summed E-state index contributed by atoms with van der Waals surface area (Å²) in [5.41, 5.74) is 4.32. The Morgan fingerprint density at radius 3 is 1.97 bits per heavy atom. The maximum Gasteiger partial charge on any atom is 0.494 e. The molecule has 1 unspecified atom stereocenters.